The van der Waals surface area contributed by atoms with Gasteiger partial charge in [-0.3, -0.25) is 4.79 Å². The van der Waals surface area contributed by atoms with Crippen LogP contribution in [0.2, 0.25) is 0 Å². The van der Waals surface area contributed by atoms with Gasteiger partial charge in [-0.15, -0.1) is 10.2 Å². The van der Waals surface area contributed by atoms with Crippen LogP contribution in [0, 0.1) is 12.8 Å². The number of aryl methyl sites for hydroxylation is 2. The molecule has 1 N–H and O–H groups in total. The van der Waals surface area contributed by atoms with Crippen molar-refractivity contribution in [1.82, 2.24) is 40.1 Å². The lowest BCUT2D eigenvalue weighted by molar-refractivity contribution is -0.138. The Bertz CT molecular complexity index is 1250. The highest BCUT2D eigenvalue weighted by molar-refractivity contribution is 5.98. The summed E-state index contributed by atoms with van der Waals surface area (Å²) in [5, 5.41) is 14.5. The number of carbonyl (C=O) groups excluding carboxylic acids is 1. The Labute approximate surface area is 201 Å². The molecule has 4 heterocycles. The zero-order valence-electron chi connectivity index (χ0n) is 19.5. The van der Waals surface area contributed by atoms with Crippen LogP contribution in [0.25, 0.3) is 11.4 Å². The maximum Gasteiger partial charge on any atom is 0.419 e. The molecule has 0 spiro atoms. The average Bonchev–Trinajstić information content (AvgIpc) is 3.22. The molecule has 15 heteroatoms. The highest BCUT2D eigenvalue weighted by atomic mass is 19.4. The number of pyridine rings is 1. The SMILES string of the molecule is Cc1ccc(-c2nnn(C)n2)c(C(=O)N2CC(F)(F)C[C@@H](C)C2CNc2ncc(C(F)(F)F)cn2)n1. The van der Waals surface area contributed by atoms with Crippen LogP contribution in [0.5, 0.6) is 0 Å². The highest BCUT2D eigenvalue weighted by Crippen LogP contribution is 2.36. The number of hydrogen-bond donors (Lipinski definition) is 1. The fourth-order valence-electron chi connectivity index (χ4n) is 4.07. The monoisotopic (exact) mass is 511 g/mol. The number of nitrogens with zero attached hydrogens (tertiary/aromatic N) is 8. The molecule has 3 aromatic heterocycles. The number of likely N-dealkylation sites (tertiary alicyclic amines) is 1. The van der Waals surface area contributed by atoms with Gasteiger partial charge in [-0.1, -0.05) is 6.92 Å². The Hall–Kier alpha value is -3.78. The average molecular weight is 511 g/mol. The second-order valence-electron chi connectivity index (χ2n) is 8.66. The van der Waals surface area contributed by atoms with E-state index in [-0.39, 0.29) is 29.6 Å². The van der Waals surface area contributed by atoms with Crippen molar-refractivity contribution in [3.05, 3.63) is 41.5 Å². The molecule has 1 aliphatic heterocycles. The standard InChI is InChI=1S/C21H22F5N9O/c1-11-6-20(22,23)10-35(15(11)9-29-19-27-7-13(8-28-19)21(24,25)26)18(36)16-14(5-4-12(2)30-16)17-31-33-34(3)32-17/h4-5,7-8,11,15H,6,9-10H2,1-3H3,(H,27,28,29)/t11-,15?/m1/s1. The molecule has 0 aromatic carbocycles. The molecule has 192 valence electrons. The summed E-state index contributed by atoms with van der Waals surface area (Å²) in [6.07, 6.45) is -3.83. The molecule has 1 amide bonds. The van der Waals surface area contributed by atoms with Crippen LogP contribution < -0.4 is 5.32 Å². The molecule has 1 unspecified atom stereocenters. The minimum Gasteiger partial charge on any atom is -0.352 e. The largest absolute Gasteiger partial charge is 0.419 e. The smallest absolute Gasteiger partial charge is 0.352 e. The fourth-order valence-corrected chi connectivity index (χ4v) is 4.07. The van der Waals surface area contributed by atoms with E-state index in [9.17, 15) is 26.7 Å². The molecule has 0 radical (unpaired) electrons. The number of rotatable bonds is 5. The summed E-state index contributed by atoms with van der Waals surface area (Å²) in [6, 6.07) is 2.45. The number of alkyl halides is 5. The summed E-state index contributed by atoms with van der Waals surface area (Å²) in [7, 11) is 1.54. The molecule has 1 fully saturated rings. The summed E-state index contributed by atoms with van der Waals surface area (Å²) in [4.78, 5) is 27.4. The lowest BCUT2D eigenvalue weighted by atomic mass is 9.88. The first-order valence-corrected chi connectivity index (χ1v) is 10.9. The zero-order valence-corrected chi connectivity index (χ0v) is 19.5. The zero-order chi connectivity index (χ0) is 26.3. The van der Waals surface area contributed by atoms with E-state index in [1.165, 1.54) is 11.8 Å². The first kappa shape index (κ1) is 25.3. The number of carbonyl (C=O) groups is 1. The van der Waals surface area contributed by atoms with Crippen LogP contribution in [0.3, 0.4) is 0 Å². The fraction of sp³-hybridized carbons (Fsp3) is 0.476. The molecule has 2 atom stereocenters. The number of tetrazole rings is 1. The van der Waals surface area contributed by atoms with Crippen LogP contribution in [0.1, 0.15) is 35.1 Å². The number of aromatic nitrogens is 7. The van der Waals surface area contributed by atoms with E-state index in [2.05, 4.69) is 35.7 Å². The van der Waals surface area contributed by atoms with E-state index < -0.39 is 48.5 Å². The Morgan fingerprint density at radius 1 is 1.22 bits per heavy atom. The van der Waals surface area contributed by atoms with Crippen LogP contribution in [-0.2, 0) is 13.2 Å². The van der Waals surface area contributed by atoms with Gasteiger partial charge in [0.25, 0.3) is 11.8 Å². The normalized spacial score (nSPS) is 19.8. The highest BCUT2D eigenvalue weighted by Gasteiger charge is 2.46. The van der Waals surface area contributed by atoms with Gasteiger partial charge >= 0.3 is 6.18 Å². The van der Waals surface area contributed by atoms with Crippen LogP contribution >= 0.6 is 0 Å². The van der Waals surface area contributed by atoms with Crippen LogP contribution in [0.15, 0.2) is 24.5 Å². The van der Waals surface area contributed by atoms with Gasteiger partial charge in [-0.05, 0) is 30.2 Å². The number of nitrogens with one attached hydrogen (secondary N) is 1. The lowest BCUT2D eigenvalue weighted by Crippen LogP contribution is -2.57. The van der Waals surface area contributed by atoms with Gasteiger partial charge in [0, 0.05) is 31.1 Å². The van der Waals surface area contributed by atoms with E-state index in [0.717, 1.165) is 4.90 Å². The van der Waals surface area contributed by atoms with Crippen molar-refractivity contribution in [3.8, 4) is 11.4 Å². The predicted molar refractivity (Wildman–Crippen MR) is 116 cm³/mol. The lowest BCUT2D eigenvalue weighted by Gasteiger charge is -2.43. The summed E-state index contributed by atoms with van der Waals surface area (Å²) in [5.74, 6) is -4.59. The van der Waals surface area contributed by atoms with Gasteiger partial charge in [0.2, 0.25) is 11.8 Å². The minimum absolute atomic E-state index is 0.0705. The topological polar surface area (TPSA) is 115 Å². The summed E-state index contributed by atoms with van der Waals surface area (Å²) in [6.45, 7) is 2.29. The molecule has 0 bridgehead atoms. The third kappa shape index (κ3) is 5.39. The minimum atomic E-state index is -4.60. The predicted octanol–water partition coefficient (Wildman–Crippen LogP) is 2.99. The molecule has 4 rings (SSSR count). The number of hydrogen-bond acceptors (Lipinski definition) is 8. The van der Waals surface area contributed by atoms with Crippen LogP contribution in [0.4, 0.5) is 27.9 Å². The molecule has 0 saturated carbocycles. The maximum absolute atomic E-state index is 14.6. The van der Waals surface area contributed by atoms with E-state index in [4.69, 9.17) is 0 Å². The van der Waals surface area contributed by atoms with Crippen molar-refractivity contribution in [2.24, 2.45) is 13.0 Å². The van der Waals surface area contributed by atoms with Gasteiger partial charge in [0.05, 0.1) is 30.8 Å². The number of anilines is 1. The second-order valence-corrected chi connectivity index (χ2v) is 8.66. The van der Waals surface area contributed by atoms with Gasteiger partial charge in [0.1, 0.15) is 5.69 Å². The first-order valence-electron chi connectivity index (χ1n) is 10.9. The van der Waals surface area contributed by atoms with E-state index >= 15 is 0 Å². The Morgan fingerprint density at radius 3 is 2.53 bits per heavy atom. The molecular formula is C21H22F5N9O. The van der Waals surface area contributed by atoms with Crippen molar-refractivity contribution in [2.75, 3.05) is 18.4 Å². The first-order chi connectivity index (χ1) is 16.8. The molecule has 36 heavy (non-hydrogen) atoms. The third-order valence-corrected chi connectivity index (χ3v) is 5.78. The number of halogens is 5. The van der Waals surface area contributed by atoms with Crippen molar-refractivity contribution in [1.29, 1.82) is 0 Å². The van der Waals surface area contributed by atoms with E-state index in [1.54, 1.807) is 26.0 Å². The molecule has 0 aliphatic carbocycles. The van der Waals surface area contributed by atoms with Gasteiger partial charge < -0.3 is 10.2 Å². The van der Waals surface area contributed by atoms with Gasteiger partial charge in [-0.25, -0.2) is 23.7 Å². The van der Waals surface area contributed by atoms with Crippen molar-refractivity contribution in [2.45, 2.75) is 38.4 Å². The molecule has 1 aliphatic rings. The second kappa shape index (κ2) is 9.35. The van der Waals surface area contributed by atoms with E-state index in [0.29, 0.717) is 18.1 Å². The quantitative estimate of drug-likeness (QED) is 0.520. The Kier molecular flexibility index (Phi) is 6.58. The Morgan fingerprint density at radius 2 is 1.92 bits per heavy atom. The summed E-state index contributed by atoms with van der Waals surface area (Å²) >= 11 is 0. The number of amides is 1. The van der Waals surface area contributed by atoms with Crippen LogP contribution in [-0.4, -0.2) is 71.0 Å². The third-order valence-electron chi connectivity index (χ3n) is 5.78. The van der Waals surface area contributed by atoms with E-state index in [1.807, 2.05) is 0 Å². The number of piperidine rings is 1. The summed E-state index contributed by atoms with van der Waals surface area (Å²) in [5.41, 5.74) is -0.413. The Balaban J connectivity index is 1.63. The van der Waals surface area contributed by atoms with Crippen molar-refractivity contribution < 1.29 is 26.7 Å². The van der Waals surface area contributed by atoms with Crippen molar-refractivity contribution in [3.63, 3.8) is 0 Å². The van der Waals surface area contributed by atoms with Gasteiger partial charge in [0.15, 0.2) is 0 Å². The van der Waals surface area contributed by atoms with Gasteiger partial charge in [-0.2, -0.15) is 18.0 Å². The maximum atomic E-state index is 14.6. The molecular weight excluding hydrogens is 489 g/mol. The summed E-state index contributed by atoms with van der Waals surface area (Å²) < 4.78 is 67.5. The molecule has 10 nitrogen and oxygen atoms in total. The molecule has 1 saturated heterocycles. The van der Waals surface area contributed by atoms with Crippen molar-refractivity contribution >= 4 is 11.9 Å². The molecule has 3 aromatic rings.